The number of halogens is 5. The second kappa shape index (κ2) is 5.91. The Hall–Kier alpha value is -0.0900. The van der Waals surface area contributed by atoms with Crippen LogP contribution in [-0.2, 0) is 0 Å². The summed E-state index contributed by atoms with van der Waals surface area (Å²) in [5.41, 5.74) is 1.57. The van der Waals surface area contributed by atoms with Gasteiger partial charge < -0.3 is 0 Å². The van der Waals surface area contributed by atoms with Gasteiger partial charge in [-0.15, -0.1) is 11.6 Å². The highest BCUT2D eigenvalue weighted by Gasteiger charge is 2.16. The van der Waals surface area contributed by atoms with Crippen molar-refractivity contribution in [2.75, 3.05) is 0 Å². The van der Waals surface area contributed by atoms with E-state index in [-0.39, 0.29) is 5.82 Å². The molecule has 0 nitrogen and oxygen atoms in total. The lowest BCUT2D eigenvalue weighted by atomic mass is 10.0. The lowest BCUT2D eigenvalue weighted by molar-refractivity contribution is 0.620. The molecule has 1 unspecified atom stereocenters. The molecule has 18 heavy (non-hydrogen) atoms. The molecule has 0 aromatic heterocycles. The van der Waals surface area contributed by atoms with Gasteiger partial charge in [-0.2, -0.15) is 0 Å². The van der Waals surface area contributed by atoms with Crippen LogP contribution in [0.25, 0.3) is 0 Å². The van der Waals surface area contributed by atoms with Crippen molar-refractivity contribution < 1.29 is 4.39 Å². The first-order chi connectivity index (χ1) is 8.50. The van der Waals surface area contributed by atoms with Crippen LogP contribution in [0.1, 0.15) is 16.5 Å². The van der Waals surface area contributed by atoms with E-state index in [9.17, 15) is 4.39 Å². The lowest BCUT2D eigenvalue weighted by Crippen LogP contribution is -1.95. The van der Waals surface area contributed by atoms with Crippen LogP contribution < -0.4 is 0 Å². The van der Waals surface area contributed by atoms with Gasteiger partial charge in [-0.05, 0) is 61.2 Å². The SMILES string of the molecule is Fc1ccc(C(Cl)c2cccc(Br)c2Cl)cc1Br. The maximum atomic E-state index is 13.2. The van der Waals surface area contributed by atoms with Gasteiger partial charge >= 0.3 is 0 Å². The smallest absolute Gasteiger partial charge is 0.137 e. The highest BCUT2D eigenvalue weighted by molar-refractivity contribution is 9.10. The number of hydrogen-bond acceptors (Lipinski definition) is 0. The molecule has 5 heteroatoms. The van der Waals surface area contributed by atoms with Crippen molar-refractivity contribution in [3.05, 3.63) is 67.3 Å². The summed E-state index contributed by atoms with van der Waals surface area (Å²) >= 11 is 19.1. The van der Waals surface area contributed by atoms with Crippen LogP contribution >= 0.6 is 55.1 Å². The molecule has 2 aromatic rings. The first-order valence-electron chi connectivity index (χ1n) is 5.03. The van der Waals surface area contributed by atoms with E-state index in [4.69, 9.17) is 23.2 Å². The zero-order chi connectivity index (χ0) is 13.3. The third kappa shape index (κ3) is 2.90. The highest BCUT2D eigenvalue weighted by atomic mass is 79.9. The van der Waals surface area contributed by atoms with Crippen molar-refractivity contribution in [2.45, 2.75) is 5.38 Å². The van der Waals surface area contributed by atoms with Crippen molar-refractivity contribution in [1.29, 1.82) is 0 Å². The average Bonchev–Trinajstić information content (AvgIpc) is 2.35. The Morgan fingerprint density at radius 3 is 2.44 bits per heavy atom. The molecule has 0 aliphatic heterocycles. The minimum absolute atomic E-state index is 0.317. The van der Waals surface area contributed by atoms with Gasteiger partial charge in [-0.3, -0.25) is 0 Å². The van der Waals surface area contributed by atoms with Crippen molar-refractivity contribution >= 4 is 55.1 Å². The van der Waals surface area contributed by atoms with Gasteiger partial charge in [-0.25, -0.2) is 4.39 Å². The standard InChI is InChI=1S/C13H7Br2Cl2F/c14-9-3-1-2-8(13(9)17)12(16)7-4-5-11(18)10(15)6-7/h1-6,12H. The summed E-state index contributed by atoms with van der Waals surface area (Å²) in [5.74, 6) is -0.317. The minimum atomic E-state index is -0.424. The second-order valence-corrected chi connectivity index (χ2v) is 6.20. The number of rotatable bonds is 2. The topological polar surface area (TPSA) is 0 Å². The lowest BCUT2D eigenvalue weighted by Gasteiger charge is -2.13. The molecule has 0 spiro atoms. The predicted molar refractivity (Wildman–Crippen MR) is 80.9 cm³/mol. The first kappa shape index (κ1) is 14.3. The van der Waals surface area contributed by atoms with Crippen molar-refractivity contribution in [3.63, 3.8) is 0 Å². The fraction of sp³-hybridized carbons (Fsp3) is 0.0769. The summed E-state index contributed by atoms with van der Waals surface area (Å²) in [6, 6.07) is 10.2. The number of benzene rings is 2. The fourth-order valence-electron chi connectivity index (χ4n) is 1.57. The highest BCUT2D eigenvalue weighted by Crippen LogP contribution is 2.37. The van der Waals surface area contributed by atoms with Crippen LogP contribution in [0, 0.1) is 5.82 Å². The maximum absolute atomic E-state index is 13.2. The van der Waals surface area contributed by atoms with E-state index < -0.39 is 5.38 Å². The van der Waals surface area contributed by atoms with Gasteiger partial charge in [0, 0.05) is 4.47 Å². The molecule has 2 aromatic carbocycles. The van der Waals surface area contributed by atoms with Crippen molar-refractivity contribution in [3.8, 4) is 0 Å². The maximum Gasteiger partial charge on any atom is 0.137 e. The third-order valence-electron chi connectivity index (χ3n) is 2.49. The molecule has 94 valence electrons. The Labute approximate surface area is 131 Å². The Balaban J connectivity index is 2.44. The third-order valence-corrected chi connectivity index (χ3v) is 4.90. The molecule has 0 bridgehead atoms. The summed E-state index contributed by atoms with van der Waals surface area (Å²) in [6.45, 7) is 0. The van der Waals surface area contributed by atoms with Crippen LogP contribution in [0.15, 0.2) is 45.3 Å². The van der Waals surface area contributed by atoms with E-state index in [2.05, 4.69) is 31.9 Å². The van der Waals surface area contributed by atoms with E-state index in [0.717, 1.165) is 15.6 Å². The molecule has 0 aliphatic carbocycles. The van der Waals surface area contributed by atoms with Crippen molar-refractivity contribution in [2.24, 2.45) is 0 Å². The molecule has 0 fully saturated rings. The van der Waals surface area contributed by atoms with Gasteiger partial charge in [0.15, 0.2) is 0 Å². The molecule has 1 atom stereocenters. The summed E-state index contributed by atoms with van der Waals surface area (Å²) in [6.07, 6.45) is 0. The molecule has 0 amide bonds. The van der Waals surface area contributed by atoms with Crippen LogP contribution in [0.4, 0.5) is 4.39 Å². The molecule has 0 aliphatic rings. The molecular weight excluding hydrogens is 406 g/mol. The van der Waals surface area contributed by atoms with Gasteiger partial charge in [-0.1, -0.05) is 29.8 Å². The van der Waals surface area contributed by atoms with Crippen LogP contribution in [0.5, 0.6) is 0 Å². The number of hydrogen-bond donors (Lipinski definition) is 0. The van der Waals surface area contributed by atoms with E-state index in [1.807, 2.05) is 18.2 Å². The van der Waals surface area contributed by atoms with Gasteiger partial charge in [0.05, 0.1) is 14.9 Å². The van der Waals surface area contributed by atoms with Crippen LogP contribution in [0.2, 0.25) is 5.02 Å². The Morgan fingerprint density at radius 2 is 1.78 bits per heavy atom. The zero-order valence-corrected chi connectivity index (χ0v) is 13.6. The summed E-state index contributed by atoms with van der Waals surface area (Å²) in [5, 5.41) is 0.143. The molecular formula is C13H7Br2Cl2F. The monoisotopic (exact) mass is 410 g/mol. The predicted octanol–water partition coefficient (Wildman–Crippen LogP) is 6.33. The minimum Gasteiger partial charge on any atom is -0.206 e. The van der Waals surface area contributed by atoms with Gasteiger partial charge in [0.2, 0.25) is 0 Å². The second-order valence-electron chi connectivity index (χ2n) is 3.68. The Bertz CT molecular complexity index is 587. The van der Waals surface area contributed by atoms with Crippen LogP contribution in [-0.4, -0.2) is 0 Å². The Kier molecular flexibility index (Phi) is 4.70. The molecule has 0 saturated carbocycles. The molecule has 2 rings (SSSR count). The first-order valence-corrected chi connectivity index (χ1v) is 7.43. The molecule has 0 saturated heterocycles. The van der Waals surface area contributed by atoms with Crippen LogP contribution in [0.3, 0.4) is 0 Å². The molecule has 0 heterocycles. The van der Waals surface area contributed by atoms with E-state index >= 15 is 0 Å². The Morgan fingerprint density at radius 1 is 1.06 bits per heavy atom. The molecule has 0 N–H and O–H groups in total. The zero-order valence-electron chi connectivity index (χ0n) is 8.93. The average molecular weight is 413 g/mol. The van der Waals surface area contributed by atoms with E-state index in [0.29, 0.717) is 9.50 Å². The fourth-order valence-corrected chi connectivity index (χ4v) is 2.95. The van der Waals surface area contributed by atoms with E-state index in [1.54, 1.807) is 12.1 Å². The van der Waals surface area contributed by atoms with Gasteiger partial charge in [0.1, 0.15) is 5.82 Å². The van der Waals surface area contributed by atoms with Crippen molar-refractivity contribution in [1.82, 2.24) is 0 Å². The normalized spacial score (nSPS) is 12.5. The quantitative estimate of drug-likeness (QED) is 0.505. The number of alkyl halides is 1. The van der Waals surface area contributed by atoms with Gasteiger partial charge in [0.25, 0.3) is 0 Å². The summed E-state index contributed by atoms with van der Waals surface area (Å²) in [7, 11) is 0. The molecule has 0 radical (unpaired) electrons. The summed E-state index contributed by atoms with van der Waals surface area (Å²) < 4.78 is 14.4. The summed E-state index contributed by atoms with van der Waals surface area (Å²) in [4.78, 5) is 0. The largest absolute Gasteiger partial charge is 0.206 e. The van der Waals surface area contributed by atoms with E-state index in [1.165, 1.54) is 6.07 Å².